The van der Waals surface area contributed by atoms with Crippen molar-refractivity contribution in [3.8, 4) is 0 Å². The molecule has 1 heterocycles. The van der Waals surface area contributed by atoms with Gasteiger partial charge in [-0.1, -0.05) is 13.8 Å². The molecule has 0 amide bonds. The maximum Gasteiger partial charge on any atom is 0.337 e. The molecule has 1 aromatic carbocycles. The van der Waals surface area contributed by atoms with E-state index in [0.717, 1.165) is 26.2 Å². The first-order valence-electron chi connectivity index (χ1n) is 7.68. The lowest BCUT2D eigenvalue weighted by atomic mass is 10.1. The number of rotatable bonds is 4. The number of carbonyl (C=O) groups excluding carboxylic acids is 1. The number of nitrogens with zero attached hydrogens (tertiary/aromatic N) is 2. The topological polar surface area (TPSA) is 32.8 Å². The van der Waals surface area contributed by atoms with Crippen LogP contribution in [0.15, 0.2) is 24.3 Å². The Bertz CT molecular complexity index is 470. The van der Waals surface area contributed by atoms with E-state index in [0.29, 0.717) is 17.5 Å². The fourth-order valence-corrected chi connectivity index (χ4v) is 2.90. The molecule has 21 heavy (non-hydrogen) atoms. The van der Waals surface area contributed by atoms with Gasteiger partial charge in [-0.15, -0.1) is 0 Å². The Morgan fingerprint density at radius 3 is 2.48 bits per heavy atom. The number of ether oxygens (including phenoxy) is 1. The molecule has 4 nitrogen and oxygen atoms in total. The van der Waals surface area contributed by atoms with Crippen LogP contribution in [0.4, 0.5) is 5.69 Å². The number of carbonyl (C=O) groups is 1. The van der Waals surface area contributed by atoms with Gasteiger partial charge in [0.2, 0.25) is 0 Å². The van der Waals surface area contributed by atoms with Gasteiger partial charge in [-0.05, 0) is 37.1 Å². The van der Waals surface area contributed by atoms with E-state index < -0.39 is 0 Å². The van der Waals surface area contributed by atoms with Crippen LogP contribution in [0.3, 0.4) is 0 Å². The summed E-state index contributed by atoms with van der Waals surface area (Å²) in [5.41, 5.74) is 1.78. The first-order valence-corrected chi connectivity index (χ1v) is 7.68. The molecular formula is C17H26N2O2. The first kappa shape index (κ1) is 15.8. The quantitative estimate of drug-likeness (QED) is 0.798. The third kappa shape index (κ3) is 3.97. The molecule has 0 radical (unpaired) electrons. The maximum absolute atomic E-state index is 11.5. The number of anilines is 1. The van der Waals surface area contributed by atoms with Crippen LogP contribution < -0.4 is 4.90 Å². The van der Waals surface area contributed by atoms with E-state index in [2.05, 4.69) is 30.6 Å². The van der Waals surface area contributed by atoms with Crippen molar-refractivity contribution in [1.29, 1.82) is 0 Å². The Kier molecular flexibility index (Phi) is 5.23. The highest BCUT2D eigenvalue weighted by molar-refractivity contribution is 5.89. The van der Waals surface area contributed by atoms with Crippen molar-refractivity contribution in [2.75, 3.05) is 38.2 Å². The minimum atomic E-state index is -0.281. The fraction of sp³-hybridized carbons (Fsp3) is 0.588. The molecule has 1 saturated heterocycles. The lowest BCUT2D eigenvalue weighted by molar-refractivity contribution is 0.0601. The minimum absolute atomic E-state index is 0.281. The number of benzene rings is 1. The summed E-state index contributed by atoms with van der Waals surface area (Å²) in [6.07, 6.45) is 0. The van der Waals surface area contributed by atoms with E-state index in [1.807, 2.05) is 24.3 Å². The van der Waals surface area contributed by atoms with Gasteiger partial charge in [0.15, 0.2) is 0 Å². The summed E-state index contributed by atoms with van der Waals surface area (Å²) in [6.45, 7) is 11.2. The molecule has 0 aromatic heterocycles. The number of hydrogen-bond donors (Lipinski definition) is 0. The van der Waals surface area contributed by atoms with Gasteiger partial charge < -0.3 is 9.64 Å². The van der Waals surface area contributed by atoms with Gasteiger partial charge >= 0.3 is 5.97 Å². The Morgan fingerprint density at radius 2 is 1.95 bits per heavy atom. The van der Waals surface area contributed by atoms with E-state index >= 15 is 0 Å². The smallest absolute Gasteiger partial charge is 0.337 e. The molecule has 0 N–H and O–H groups in total. The highest BCUT2D eigenvalue weighted by Gasteiger charge is 2.24. The van der Waals surface area contributed by atoms with Crippen molar-refractivity contribution < 1.29 is 9.53 Å². The minimum Gasteiger partial charge on any atom is -0.465 e. The van der Waals surface area contributed by atoms with Crippen LogP contribution >= 0.6 is 0 Å². The molecule has 1 unspecified atom stereocenters. The molecule has 1 aromatic rings. The second-order valence-corrected chi connectivity index (χ2v) is 6.22. The molecule has 0 aliphatic carbocycles. The third-order valence-corrected chi connectivity index (χ3v) is 4.02. The van der Waals surface area contributed by atoms with E-state index in [4.69, 9.17) is 4.74 Å². The predicted molar refractivity (Wildman–Crippen MR) is 85.9 cm³/mol. The second kappa shape index (κ2) is 6.94. The molecule has 0 spiro atoms. The van der Waals surface area contributed by atoms with Crippen molar-refractivity contribution in [1.82, 2.24) is 4.90 Å². The number of hydrogen-bond acceptors (Lipinski definition) is 4. The van der Waals surface area contributed by atoms with Crippen molar-refractivity contribution >= 4 is 11.7 Å². The van der Waals surface area contributed by atoms with Crippen molar-refractivity contribution in [3.63, 3.8) is 0 Å². The lowest BCUT2D eigenvalue weighted by Crippen LogP contribution is -2.52. The lowest BCUT2D eigenvalue weighted by Gasteiger charge is -2.41. The van der Waals surface area contributed by atoms with Crippen LogP contribution in [-0.4, -0.2) is 50.2 Å². The normalized spacial score (nSPS) is 19.9. The summed E-state index contributed by atoms with van der Waals surface area (Å²) in [6, 6.07) is 8.26. The Morgan fingerprint density at radius 1 is 1.29 bits per heavy atom. The van der Waals surface area contributed by atoms with Crippen LogP contribution in [0.2, 0.25) is 0 Å². The zero-order valence-electron chi connectivity index (χ0n) is 13.5. The van der Waals surface area contributed by atoms with Gasteiger partial charge in [0.25, 0.3) is 0 Å². The van der Waals surface area contributed by atoms with Gasteiger partial charge in [-0.3, -0.25) is 4.90 Å². The van der Waals surface area contributed by atoms with Gasteiger partial charge in [0.05, 0.1) is 12.7 Å². The predicted octanol–water partition coefficient (Wildman–Crippen LogP) is 2.64. The summed E-state index contributed by atoms with van der Waals surface area (Å²) >= 11 is 0. The SMILES string of the molecule is COC(=O)c1ccc(N2CCN(CC(C)C)C(C)C2)cc1. The van der Waals surface area contributed by atoms with Gasteiger partial charge in [-0.25, -0.2) is 4.79 Å². The van der Waals surface area contributed by atoms with Crippen LogP contribution in [-0.2, 0) is 4.74 Å². The Balaban J connectivity index is 1.99. The molecule has 116 valence electrons. The largest absolute Gasteiger partial charge is 0.465 e. The molecule has 2 rings (SSSR count). The fourth-order valence-electron chi connectivity index (χ4n) is 2.90. The average Bonchev–Trinajstić information content (AvgIpc) is 2.48. The number of methoxy groups -OCH3 is 1. The van der Waals surface area contributed by atoms with E-state index in [1.165, 1.54) is 12.8 Å². The van der Waals surface area contributed by atoms with Crippen LogP contribution in [0.1, 0.15) is 31.1 Å². The van der Waals surface area contributed by atoms with E-state index in [1.54, 1.807) is 0 Å². The van der Waals surface area contributed by atoms with Crippen molar-refractivity contribution in [2.24, 2.45) is 5.92 Å². The zero-order valence-corrected chi connectivity index (χ0v) is 13.5. The van der Waals surface area contributed by atoms with Gasteiger partial charge in [0.1, 0.15) is 0 Å². The highest BCUT2D eigenvalue weighted by Crippen LogP contribution is 2.20. The van der Waals surface area contributed by atoms with E-state index in [9.17, 15) is 4.79 Å². The summed E-state index contributed by atoms with van der Waals surface area (Å²) < 4.78 is 4.73. The van der Waals surface area contributed by atoms with Crippen LogP contribution in [0, 0.1) is 5.92 Å². The molecule has 1 atom stereocenters. The Hall–Kier alpha value is -1.55. The summed E-state index contributed by atoms with van der Waals surface area (Å²) in [7, 11) is 1.41. The summed E-state index contributed by atoms with van der Waals surface area (Å²) in [4.78, 5) is 16.4. The number of piperazine rings is 1. The monoisotopic (exact) mass is 290 g/mol. The number of esters is 1. The Labute approximate surface area is 127 Å². The summed E-state index contributed by atoms with van der Waals surface area (Å²) in [5.74, 6) is 0.426. The van der Waals surface area contributed by atoms with Crippen molar-refractivity contribution in [2.45, 2.75) is 26.8 Å². The second-order valence-electron chi connectivity index (χ2n) is 6.22. The molecule has 0 saturated carbocycles. The van der Waals surface area contributed by atoms with Gasteiger partial charge in [0, 0.05) is 37.9 Å². The molecule has 1 aliphatic rings. The zero-order chi connectivity index (χ0) is 15.4. The molecule has 1 fully saturated rings. The molecule has 0 bridgehead atoms. The molecular weight excluding hydrogens is 264 g/mol. The van der Waals surface area contributed by atoms with Gasteiger partial charge in [-0.2, -0.15) is 0 Å². The molecule has 1 aliphatic heterocycles. The first-order chi connectivity index (χ1) is 10.0. The van der Waals surface area contributed by atoms with Crippen LogP contribution in [0.5, 0.6) is 0 Å². The highest BCUT2D eigenvalue weighted by atomic mass is 16.5. The average molecular weight is 290 g/mol. The maximum atomic E-state index is 11.5. The summed E-state index contributed by atoms with van der Waals surface area (Å²) in [5, 5.41) is 0. The van der Waals surface area contributed by atoms with E-state index in [-0.39, 0.29) is 5.97 Å². The third-order valence-electron chi connectivity index (χ3n) is 4.02. The van der Waals surface area contributed by atoms with Crippen molar-refractivity contribution in [3.05, 3.63) is 29.8 Å². The molecule has 4 heteroatoms. The standard InChI is InChI=1S/C17H26N2O2/c1-13(2)11-18-9-10-19(12-14(18)3)16-7-5-15(6-8-16)17(20)21-4/h5-8,13-14H,9-12H2,1-4H3. The van der Waals surface area contributed by atoms with Crippen LogP contribution in [0.25, 0.3) is 0 Å².